The summed E-state index contributed by atoms with van der Waals surface area (Å²) in [6, 6.07) is 10.4. The number of nitrogens with one attached hydrogen (secondary N) is 1. The normalized spacial score (nSPS) is 14.3. The lowest BCUT2D eigenvalue weighted by atomic mass is 10.1. The van der Waals surface area contributed by atoms with E-state index in [1.807, 2.05) is 29.7 Å². The molecule has 0 saturated heterocycles. The van der Waals surface area contributed by atoms with Gasteiger partial charge in [0.25, 0.3) is 0 Å². The molecule has 1 atom stereocenters. The molecule has 0 bridgehead atoms. The Labute approximate surface area is 197 Å². The minimum atomic E-state index is -0.373. The summed E-state index contributed by atoms with van der Waals surface area (Å²) < 4.78 is 2.05. The number of anilines is 1. The molecule has 3 aromatic rings. The Bertz CT molecular complexity index is 1170. The van der Waals surface area contributed by atoms with Gasteiger partial charge in [-0.05, 0) is 57.6 Å². The van der Waals surface area contributed by atoms with Crippen molar-refractivity contribution >= 4 is 34.0 Å². The zero-order valence-electron chi connectivity index (χ0n) is 18.6. The lowest BCUT2D eigenvalue weighted by molar-refractivity contribution is -0.115. The summed E-state index contributed by atoms with van der Waals surface area (Å²) in [7, 11) is 0. The second-order valence-corrected chi connectivity index (χ2v) is 10.4. The fourth-order valence-corrected chi connectivity index (χ4v) is 6.21. The quantitative estimate of drug-likeness (QED) is 0.379. The van der Waals surface area contributed by atoms with Crippen LogP contribution in [0.4, 0.5) is 5.00 Å². The Morgan fingerprint density at radius 3 is 2.81 bits per heavy atom. The van der Waals surface area contributed by atoms with E-state index in [-0.39, 0.29) is 11.2 Å². The molecule has 1 amide bonds. The number of fused-ring (bicyclic) bond motifs is 1. The largest absolute Gasteiger partial charge is 0.316 e. The first kappa shape index (κ1) is 22.6. The Kier molecular flexibility index (Phi) is 6.97. The number of nitriles is 1. The van der Waals surface area contributed by atoms with Crippen molar-refractivity contribution in [3.05, 3.63) is 45.8 Å². The maximum atomic E-state index is 13.0. The number of amides is 1. The highest BCUT2D eigenvalue weighted by Gasteiger charge is 2.25. The highest BCUT2D eigenvalue weighted by atomic mass is 32.2. The number of nitrogens with zero attached hydrogens (tertiary/aromatic N) is 4. The highest BCUT2D eigenvalue weighted by molar-refractivity contribution is 8.00. The van der Waals surface area contributed by atoms with E-state index in [9.17, 15) is 10.1 Å². The number of rotatable bonds is 6. The zero-order chi connectivity index (χ0) is 22.7. The third kappa shape index (κ3) is 4.45. The molecular weight excluding hydrogens is 438 g/mol. The molecule has 0 spiro atoms. The van der Waals surface area contributed by atoms with Crippen LogP contribution in [0.1, 0.15) is 54.7 Å². The highest BCUT2D eigenvalue weighted by Crippen LogP contribution is 2.37. The van der Waals surface area contributed by atoms with E-state index >= 15 is 0 Å². The summed E-state index contributed by atoms with van der Waals surface area (Å²) in [5.74, 6) is 0.695. The van der Waals surface area contributed by atoms with Crippen molar-refractivity contribution in [1.82, 2.24) is 14.8 Å². The van der Waals surface area contributed by atoms with Crippen LogP contribution in [-0.2, 0) is 24.2 Å². The minimum Gasteiger partial charge on any atom is -0.316 e. The number of carbonyl (C=O) groups is 1. The number of thiophene rings is 1. The molecule has 0 radical (unpaired) electrons. The van der Waals surface area contributed by atoms with Crippen molar-refractivity contribution in [2.24, 2.45) is 0 Å². The van der Waals surface area contributed by atoms with Crippen LogP contribution >= 0.6 is 23.1 Å². The third-order valence-electron chi connectivity index (χ3n) is 5.84. The average molecular weight is 466 g/mol. The van der Waals surface area contributed by atoms with E-state index in [1.165, 1.54) is 23.1 Å². The van der Waals surface area contributed by atoms with Crippen molar-refractivity contribution in [1.29, 1.82) is 5.26 Å². The van der Waals surface area contributed by atoms with Gasteiger partial charge < -0.3 is 9.88 Å². The number of aromatic nitrogens is 3. The minimum absolute atomic E-state index is 0.119. The van der Waals surface area contributed by atoms with Gasteiger partial charge in [0.1, 0.15) is 11.1 Å². The van der Waals surface area contributed by atoms with Crippen LogP contribution in [-0.4, -0.2) is 25.9 Å². The van der Waals surface area contributed by atoms with E-state index in [0.29, 0.717) is 17.1 Å². The van der Waals surface area contributed by atoms with E-state index in [1.54, 1.807) is 11.3 Å². The molecule has 0 aliphatic heterocycles. The van der Waals surface area contributed by atoms with Gasteiger partial charge in [0.2, 0.25) is 5.91 Å². The Hall–Kier alpha value is -2.63. The fraction of sp³-hybridized carbons (Fsp3) is 0.417. The summed E-state index contributed by atoms with van der Waals surface area (Å²) in [5.41, 5.74) is 3.97. The third-order valence-corrected chi connectivity index (χ3v) is 8.13. The van der Waals surface area contributed by atoms with Crippen molar-refractivity contribution < 1.29 is 4.79 Å². The summed E-state index contributed by atoms with van der Waals surface area (Å²) in [6.07, 6.45) is 5.37. The molecule has 4 rings (SSSR count). The first-order chi connectivity index (χ1) is 15.5. The van der Waals surface area contributed by atoms with Gasteiger partial charge in [-0.25, -0.2) is 0 Å². The number of aryl methyl sites for hydroxylation is 2. The van der Waals surface area contributed by atoms with E-state index in [0.717, 1.165) is 53.4 Å². The first-order valence-electron chi connectivity index (χ1n) is 11.0. The van der Waals surface area contributed by atoms with Gasteiger partial charge in [0.15, 0.2) is 11.0 Å². The standard InChI is InChI=1S/C24H27N5OS2/c1-4-29-21(17-11-9-8-10-15(17)2)27-28-24(29)31-16(3)22(30)26-23-19(14-25)18-12-6-5-7-13-20(18)32-23/h8-11,16H,4-7,12-13H2,1-3H3,(H,26,30)/t16-/m0/s1. The molecule has 1 aliphatic rings. The fourth-order valence-electron chi connectivity index (χ4n) is 4.06. The molecule has 1 aromatic carbocycles. The van der Waals surface area contributed by atoms with Crippen molar-refractivity contribution in [3.63, 3.8) is 0 Å². The second-order valence-electron chi connectivity index (χ2n) is 8.00. The molecule has 2 aromatic heterocycles. The van der Waals surface area contributed by atoms with Gasteiger partial charge >= 0.3 is 0 Å². The number of hydrogen-bond donors (Lipinski definition) is 1. The van der Waals surface area contributed by atoms with Gasteiger partial charge in [-0.1, -0.05) is 42.4 Å². The predicted octanol–water partition coefficient (Wildman–Crippen LogP) is 5.59. The Morgan fingerprint density at radius 1 is 1.28 bits per heavy atom. The monoisotopic (exact) mass is 465 g/mol. The van der Waals surface area contributed by atoms with Crippen molar-refractivity contribution in [2.45, 2.75) is 69.8 Å². The number of carbonyl (C=O) groups excluding carboxylic acids is 1. The maximum Gasteiger partial charge on any atom is 0.238 e. The van der Waals surface area contributed by atoms with Crippen LogP contribution in [0.25, 0.3) is 11.4 Å². The Morgan fingerprint density at radius 2 is 2.06 bits per heavy atom. The molecular formula is C24H27N5OS2. The summed E-state index contributed by atoms with van der Waals surface area (Å²) in [6.45, 7) is 6.69. The van der Waals surface area contributed by atoms with Crippen LogP contribution in [0.5, 0.6) is 0 Å². The maximum absolute atomic E-state index is 13.0. The van der Waals surface area contributed by atoms with Crippen molar-refractivity contribution in [2.75, 3.05) is 5.32 Å². The van der Waals surface area contributed by atoms with Crippen molar-refractivity contribution in [3.8, 4) is 17.5 Å². The van der Waals surface area contributed by atoms with Crippen LogP contribution in [0.2, 0.25) is 0 Å². The SMILES string of the molecule is CCn1c(S[C@@H](C)C(=O)Nc2sc3c(c2C#N)CCCCC3)nnc1-c1ccccc1C. The van der Waals surface area contributed by atoms with Gasteiger partial charge in [-0.3, -0.25) is 4.79 Å². The molecule has 1 aliphatic carbocycles. The van der Waals surface area contributed by atoms with E-state index in [4.69, 9.17) is 0 Å². The summed E-state index contributed by atoms with van der Waals surface area (Å²) in [4.78, 5) is 14.3. The molecule has 0 saturated carbocycles. The van der Waals surface area contributed by atoms with Crippen LogP contribution in [0.3, 0.4) is 0 Å². The molecule has 0 unspecified atom stereocenters. The number of hydrogen-bond acceptors (Lipinski definition) is 6. The van der Waals surface area contributed by atoms with Gasteiger partial charge in [0.05, 0.1) is 10.8 Å². The van der Waals surface area contributed by atoms with E-state index in [2.05, 4.69) is 41.5 Å². The molecule has 2 heterocycles. The molecule has 166 valence electrons. The van der Waals surface area contributed by atoms with Gasteiger partial charge in [-0.2, -0.15) is 5.26 Å². The smallest absolute Gasteiger partial charge is 0.238 e. The zero-order valence-corrected chi connectivity index (χ0v) is 20.3. The lowest BCUT2D eigenvalue weighted by Crippen LogP contribution is -2.23. The molecule has 1 N–H and O–H groups in total. The number of benzene rings is 1. The number of thioether (sulfide) groups is 1. The Balaban J connectivity index is 1.52. The van der Waals surface area contributed by atoms with Gasteiger partial charge in [0, 0.05) is 17.0 Å². The lowest BCUT2D eigenvalue weighted by Gasteiger charge is -2.13. The summed E-state index contributed by atoms with van der Waals surface area (Å²) in [5, 5.41) is 22.6. The van der Waals surface area contributed by atoms with E-state index < -0.39 is 0 Å². The van der Waals surface area contributed by atoms with Crippen LogP contribution < -0.4 is 5.32 Å². The first-order valence-corrected chi connectivity index (χ1v) is 12.7. The van der Waals surface area contributed by atoms with Crippen LogP contribution in [0.15, 0.2) is 29.4 Å². The van der Waals surface area contributed by atoms with Gasteiger partial charge in [-0.15, -0.1) is 21.5 Å². The molecule has 6 nitrogen and oxygen atoms in total. The molecule has 32 heavy (non-hydrogen) atoms. The van der Waals surface area contributed by atoms with Crippen LogP contribution in [0, 0.1) is 18.3 Å². The predicted molar refractivity (Wildman–Crippen MR) is 130 cm³/mol. The average Bonchev–Trinajstić information content (AvgIpc) is 3.25. The molecule has 8 heteroatoms. The molecule has 0 fully saturated rings. The topological polar surface area (TPSA) is 83.6 Å². The second kappa shape index (κ2) is 9.88. The summed E-state index contributed by atoms with van der Waals surface area (Å²) >= 11 is 2.96.